The summed E-state index contributed by atoms with van der Waals surface area (Å²) >= 11 is 0. The van der Waals surface area contributed by atoms with E-state index in [9.17, 15) is 9.90 Å². The second kappa shape index (κ2) is 8.05. The number of hydrogen-bond acceptors (Lipinski definition) is 6. The minimum absolute atomic E-state index is 0.0121. The largest absolute Gasteiger partial charge is 0.507 e. The van der Waals surface area contributed by atoms with Crippen molar-refractivity contribution in [2.24, 2.45) is 15.3 Å². The molecule has 2 N–H and O–H groups in total. The van der Waals surface area contributed by atoms with E-state index in [1.165, 1.54) is 12.3 Å². The molecule has 0 heterocycles. The highest BCUT2D eigenvalue weighted by molar-refractivity contribution is 5.86. The van der Waals surface area contributed by atoms with Crippen LogP contribution in [0, 0.1) is 11.3 Å². The van der Waals surface area contributed by atoms with Gasteiger partial charge in [-0.3, -0.25) is 4.79 Å². The van der Waals surface area contributed by atoms with Crippen molar-refractivity contribution in [2.75, 3.05) is 0 Å². The third-order valence-electron chi connectivity index (χ3n) is 2.68. The second-order valence-electron chi connectivity index (χ2n) is 4.41. The fourth-order valence-corrected chi connectivity index (χ4v) is 1.60. The van der Waals surface area contributed by atoms with E-state index in [4.69, 9.17) is 5.26 Å². The summed E-state index contributed by atoms with van der Waals surface area (Å²) in [4.78, 5) is 11.1. The Morgan fingerprint density at radius 3 is 2.65 bits per heavy atom. The van der Waals surface area contributed by atoms with Crippen LogP contribution in [0.3, 0.4) is 0 Å². The third-order valence-corrected chi connectivity index (χ3v) is 2.68. The van der Waals surface area contributed by atoms with Crippen LogP contribution in [0.4, 0.5) is 11.4 Å². The van der Waals surface area contributed by atoms with E-state index < -0.39 is 5.91 Å². The zero-order valence-corrected chi connectivity index (χ0v) is 12.0. The zero-order valence-electron chi connectivity index (χ0n) is 12.0. The molecule has 0 aliphatic rings. The van der Waals surface area contributed by atoms with Crippen LogP contribution in [-0.2, 0) is 4.79 Å². The van der Waals surface area contributed by atoms with Crippen molar-refractivity contribution in [2.45, 2.75) is 6.42 Å². The molecule has 0 saturated heterocycles. The van der Waals surface area contributed by atoms with E-state index in [2.05, 4.69) is 20.8 Å². The number of hydrogen-bond donors (Lipinski definition) is 2. The molecular weight excluding hydrogens is 294 g/mol. The van der Waals surface area contributed by atoms with Gasteiger partial charge in [-0.05, 0) is 30.3 Å². The number of carbonyl (C=O) groups is 1. The lowest BCUT2D eigenvalue weighted by atomic mass is 10.2. The molecular formula is C16H13N5O2. The van der Waals surface area contributed by atoms with E-state index in [0.29, 0.717) is 16.9 Å². The Kier molecular flexibility index (Phi) is 5.54. The number of nitrogens with one attached hydrogen (secondary N) is 1. The molecule has 0 saturated carbocycles. The number of hydrazone groups is 1. The Balaban J connectivity index is 2.10. The van der Waals surface area contributed by atoms with Gasteiger partial charge in [0.25, 0.3) is 5.91 Å². The van der Waals surface area contributed by atoms with Crippen LogP contribution >= 0.6 is 0 Å². The van der Waals surface area contributed by atoms with E-state index in [1.54, 1.807) is 18.2 Å². The first-order valence-corrected chi connectivity index (χ1v) is 6.67. The van der Waals surface area contributed by atoms with Gasteiger partial charge in [0.1, 0.15) is 12.2 Å². The number of phenols is 1. The van der Waals surface area contributed by atoms with Crippen LogP contribution in [0.5, 0.6) is 5.75 Å². The fraction of sp³-hybridized carbons (Fsp3) is 0.0625. The third kappa shape index (κ3) is 5.06. The van der Waals surface area contributed by atoms with Crippen LogP contribution < -0.4 is 5.43 Å². The Morgan fingerprint density at radius 2 is 1.91 bits per heavy atom. The smallest absolute Gasteiger partial charge is 0.254 e. The van der Waals surface area contributed by atoms with Gasteiger partial charge in [0.05, 0.1) is 23.7 Å². The molecule has 7 heteroatoms. The van der Waals surface area contributed by atoms with Crippen LogP contribution in [0.25, 0.3) is 0 Å². The predicted molar refractivity (Wildman–Crippen MR) is 84.7 cm³/mol. The number of aromatic hydroxyl groups is 1. The summed E-state index contributed by atoms with van der Waals surface area (Å²) in [6, 6.07) is 15.6. The van der Waals surface area contributed by atoms with Gasteiger partial charge >= 0.3 is 0 Å². The Hall–Kier alpha value is -3.53. The topological polar surface area (TPSA) is 110 Å². The van der Waals surface area contributed by atoms with Gasteiger partial charge in [-0.15, -0.1) is 0 Å². The molecule has 0 unspecified atom stereocenters. The molecule has 0 aliphatic carbocycles. The molecule has 1 amide bonds. The van der Waals surface area contributed by atoms with E-state index in [1.807, 2.05) is 30.3 Å². The molecule has 0 fully saturated rings. The standard InChI is InChI=1S/C16H13N5O2/c17-9-8-16(23)21-18-11-12-10-14(6-7-15(12)22)20-19-13-4-2-1-3-5-13/h1-7,10-11,22H,8H2,(H,21,23)/b18-11-,20-19?. The van der Waals surface area contributed by atoms with Crippen molar-refractivity contribution in [1.29, 1.82) is 5.26 Å². The minimum Gasteiger partial charge on any atom is -0.507 e. The number of nitriles is 1. The highest BCUT2D eigenvalue weighted by Crippen LogP contribution is 2.23. The summed E-state index contributed by atoms with van der Waals surface area (Å²) < 4.78 is 0. The quantitative estimate of drug-likeness (QED) is 0.502. The number of benzene rings is 2. The van der Waals surface area contributed by atoms with Crippen LogP contribution in [0.2, 0.25) is 0 Å². The molecule has 0 spiro atoms. The first kappa shape index (κ1) is 15.9. The Bertz CT molecular complexity index is 779. The van der Waals surface area contributed by atoms with Gasteiger partial charge in [-0.1, -0.05) is 18.2 Å². The molecule has 0 atom stereocenters. The zero-order chi connectivity index (χ0) is 16.5. The molecule has 0 radical (unpaired) electrons. The van der Waals surface area contributed by atoms with Gasteiger partial charge in [0, 0.05) is 5.56 Å². The highest BCUT2D eigenvalue weighted by Gasteiger charge is 2.01. The minimum atomic E-state index is -0.525. The van der Waals surface area contributed by atoms with Crippen molar-refractivity contribution in [3.05, 3.63) is 54.1 Å². The van der Waals surface area contributed by atoms with Gasteiger partial charge in [0.2, 0.25) is 0 Å². The van der Waals surface area contributed by atoms with Crippen molar-refractivity contribution < 1.29 is 9.90 Å². The molecule has 0 aromatic heterocycles. The monoisotopic (exact) mass is 307 g/mol. The van der Waals surface area contributed by atoms with Gasteiger partial charge in [-0.25, -0.2) is 5.43 Å². The Labute approximate surface area is 132 Å². The predicted octanol–water partition coefficient (Wildman–Crippen LogP) is 3.17. The molecule has 23 heavy (non-hydrogen) atoms. The van der Waals surface area contributed by atoms with Gasteiger partial charge in [-0.2, -0.15) is 20.6 Å². The molecule has 2 aromatic rings. The van der Waals surface area contributed by atoms with Gasteiger partial charge < -0.3 is 5.11 Å². The van der Waals surface area contributed by atoms with Crippen molar-refractivity contribution in [1.82, 2.24) is 5.43 Å². The summed E-state index contributed by atoms with van der Waals surface area (Å²) in [5.74, 6) is -0.537. The first-order chi connectivity index (χ1) is 11.2. The average molecular weight is 307 g/mol. The lowest BCUT2D eigenvalue weighted by molar-refractivity contribution is -0.120. The molecule has 7 nitrogen and oxygen atoms in total. The number of azo groups is 1. The van der Waals surface area contributed by atoms with Crippen molar-refractivity contribution in [3.63, 3.8) is 0 Å². The average Bonchev–Trinajstić information content (AvgIpc) is 2.56. The van der Waals surface area contributed by atoms with E-state index >= 15 is 0 Å². The molecule has 2 rings (SSSR count). The van der Waals surface area contributed by atoms with Crippen LogP contribution in [0.15, 0.2) is 63.9 Å². The second-order valence-corrected chi connectivity index (χ2v) is 4.41. The summed E-state index contributed by atoms with van der Waals surface area (Å²) in [6.07, 6.45) is 0.987. The number of rotatable bonds is 5. The van der Waals surface area contributed by atoms with E-state index in [-0.39, 0.29) is 12.2 Å². The molecule has 0 aliphatic heterocycles. The van der Waals surface area contributed by atoms with E-state index in [0.717, 1.165) is 0 Å². The number of carbonyl (C=O) groups excluding carboxylic acids is 1. The maximum absolute atomic E-state index is 11.1. The SMILES string of the molecule is N#CCC(=O)N/N=C\c1cc(N=Nc2ccccc2)ccc1O. The summed E-state index contributed by atoms with van der Waals surface area (Å²) in [5.41, 5.74) is 3.78. The van der Waals surface area contributed by atoms with Crippen LogP contribution in [-0.4, -0.2) is 17.2 Å². The molecule has 0 bridgehead atoms. The summed E-state index contributed by atoms with van der Waals surface area (Å²) in [7, 11) is 0. The number of nitrogens with zero attached hydrogens (tertiary/aromatic N) is 4. The number of phenolic OH excluding ortho intramolecular Hbond substituents is 1. The highest BCUT2D eigenvalue weighted by atomic mass is 16.3. The summed E-state index contributed by atoms with van der Waals surface area (Å²) in [6.45, 7) is 0. The Morgan fingerprint density at radius 1 is 1.17 bits per heavy atom. The van der Waals surface area contributed by atoms with Gasteiger partial charge in [0.15, 0.2) is 0 Å². The first-order valence-electron chi connectivity index (χ1n) is 6.67. The summed E-state index contributed by atoms with van der Waals surface area (Å²) in [5, 5.41) is 29.9. The molecule has 114 valence electrons. The maximum Gasteiger partial charge on any atom is 0.254 e. The van der Waals surface area contributed by atoms with Crippen molar-refractivity contribution >= 4 is 23.5 Å². The molecule has 2 aromatic carbocycles. The number of amides is 1. The lowest BCUT2D eigenvalue weighted by Gasteiger charge is -2.00. The normalized spacial score (nSPS) is 10.7. The van der Waals surface area contributed by atoms with Crippen LogP contribution in [0.1, 0.15) is 12.0 Å². The fourth-order valence-electron chi connectivity index (χ4n) is 1.60. The van der Waals surface area contributed by atoms with Crippen molar-refractivity contribution in [3.8, 4) is 11.8 Å². The maximum atomic E-state index is 11.1. The lowest BCUT2D eigenvalue weighted by Crippen LogP contribution is -2.16.